The number of esters is 1. The highest BCUT2D eigenvalue weighted by Gasteiger charge is 2.55. The first kappa shape index (κ1) is 19.6. The minimum absolute atomic E-state index is 0.189. The maximum Gasteiger partial charge on any atom is 0.352 e. The zero-order chi connectivity index (χ0) is 18.7. The van der Waals surface area contributed by atoms with E-state index < -0.39 is 35.6 Å². The van der Waals surface area contributed by atoms with Gasteiger partial charge in [-0.05, 0) is 6.26 Å². The Bertz CT molecular complexity index is 637. The Hall–Kier alpha value is -1.72. The van der Waals surface area contributed by atoms with Crippen LogP contribution in [0.4, 0.5) is 0 Å². The fraction of sp³-hybridized carbons (Fsp3) is 0.571. The average molecular weight is 390 g/mol. The predicted molar refractivity (Wildman–Crippen MR) is 90.6 cm³/mol. The number of carboxylic acids is 1. The Kier molecular flexibility index (Phi) is 6.36. The Labute approximate surface area is 152 Å². The Morgan fingerprint density at radius 3 is 2.68 bits per heavy atom. The summed E-state index contributed by atoms with van der Waals surface area (Å²) in [5.41, 5.74) is -0.0779. The normalized spacial score (nSPS) is 23.5. The molecule has 0 aromatic heterocycles. The van der Waals surface area contributed by atoms with Gasteiger partial charge in [0.1, 0.15) is 17.1 Å². The fourth-order valence-corrected chi connectivity index (χ4v) is 4.29. The molecular weight excluding hydrogens is 372 g/mol. The van der Waals surface area contributed by atoms with Crippen molar-refractivity contribution in [1.29, 1.82) is 0 Å². The molecule has 3 atom stereocenters. The molecule has 1 fully saturated rings. The van der Waals surface area contributed by atoms with E-state index in [1.807, 2.05) is 0 Å². The van der Waals surface area contributed by atoms with Crippen molar-refractivity contribution in [2.24, 2.45) is 0 Å². The van der Waals surface area contributed by atoms with E-state index in [4.69, 9.17) is 9.47 Å². The summed E-state index contributed by atoms with van der Waals surface area (Å²) in [6.07, 6.45) is 0.580. The summed E-state index contributed by atoms with van der Waals surface area (Å²) in [4.78, 5) is 48.1. The van der Waals surface area contributed by atoms with Crippen LogP contribution < -0.4 is 5.32 Å². The molecule has 0 aliphatic carbocycles. The molecule has 2 amide bonds. The topological polar surface area (TPSA) is 122 Å². The van der Waals surface area contributed by atoms with Gasteiger partial charge in [-0.1, -0.05) is 0 Å². The summed E-state index contributed by atoms with van der Waals surface area (Å²) in [5.74, 6) is -2.35. The highest BCUT2D eigenvalue weighted by Crippen LogP contribution is 2.41. The van der Waals surface area contributed by atoms with Crippen LogP contribution in [-0.4, -0.2) is 76.3 Å². The van der Waals surface area contributed by atoms with Gasteiger partial charge in [0.15, 0.2) is 0 Å². The quantitative estimate of drug-likeness (QED) is 0.340. The zero-order valence-corrected chi connectivity index (χ0v) is 15.4. The molecule has 2 heterocycles. The number of carbonyl (C=O) groups is 4. The SMILES string of the molecule is COC(OC(C)=O)C1=C(C(=O)O)N2C(=O)[C@H](NC(=O)CSC)[C@H]2SC1. The van der Waals surface area contributed by atoms with E-state index in [-0.39, 0.29) is 28.7 Å². The standard InChI is InChI=1S/C14H18N2O7S2/c1-6(17)23-14(22-2)7-4-25-12-9(15-8(18)5-24-3)11(19)16(12)10(7)13(20)21/h9,12,14H,4-5H2,1-3H3,(H,15,18)(H,20,21)/t9-,12+,14?/m0/s1. The lowest BCUT2D eigenvalue weighted by Gasteiger charge is -2.49. The van der Waals surface area contributed by atoms with Crippen LogP contribution in [0.3, 0.4) is 0 Å². The lowest BCUT2D eigenvalue weighted by atomic mass is 10.0. The maximum atomic E-state index is 12.4. The molecule has 0 bridgehead atoms. The van der Waals surface area contributed by atoms with Crippen LogP contribution in [0.25, 0.3) is 0 Å². The number of carbonyl (C=O) groups excluding carboxylic acids is 3. The number of nitrogens with one attached hydrogen (secondary N) is 1. The summed E-state index contributed by atoms with van der Waals surface area (Å²) in [6, 6.07) is -0.768. The molecule has 1 saturated heterocycles. The number of rotatable bonds is 7. The molecule has 2 N–H and O–H groups in total. The van der Waals surface area contributed by atoms with Gasteiger partial charge < -0.3 is 19.9 Å². The van der Waals surface area contributed by atoms with Gasteiger partial charge in [-0.2, -0.15) is 11.8 Å². The van der Waals surface area contributed by atoms with Crippen molar-refractivity contribution in [3.8, 4) is 0 Å². The summed E-state index contributed by atoms with van der Waals surface area (Å²) in [6.45, 7) is 1.18. The first-order valence-electron chi connectivity index (χ1n) is 7.21. The highest BCUT2D eigenvalue weighted by atomic mass is 32.2. The van der Waals surface area contributed by atoms with Gasteiger partial charge in [0.2, 0.25) is 12.2 Å². The van der Waals surface area contributed by atoms with Crippen LogP contribution >= 0.6 is 23.5 Å². The number of β-lactam (4-membered cyclic amide) rings is 1. The number of amides is 2. The second kappa shape index (κ2) is 8.11. The summed E-state index contributed by atoms with van der Waals surface area (Å²) in [5, 5.41) is 11.6. The number of carboxylic acid groups (broad SMARTS) is 1. The molecule has 0 saturated carbocycles. The van der Waals surface area contributed by atoms with Crippen molar-refractivity contribution < 1.29 is 33.8 Å². The second-order valence-corrected chi connectivity index (χ2v) is 7.22. The smallest absolute Gasteiger partial charge is 0.352 e. The predicted octanol–water partition coefficient (Wildman–Crippen LogP) is -0.376. The fourth-order valence-electron chi connectivity index (χ4n) is 2.58. The maximum absolute atomic E-state index is 12.4. The molecule has 0 radical (unpaired) electrons. The number of hydrogen-bond acceptors (Lipinski definition) is 8. The lowest BCUT2D eigenvalue weighted by molar-refractivity contribution is -0.165. The molecule has 1 unspecified atom stereocenters. The first-order valence-corrected chi connectivity index (χ1v) is 9.65. The molecule has 2 aliphatic heterocycles. The minimum atomic E-state index is -1.32. The number of nitrogens with zero attached hydrogens (tertiary/aromatic N) is 1. The minimum Gasteiger partial charge on any atom is -0.477 e. The van der Waals surface area contributed by atoms with Gasteiger partial charge in [-0.15, -0.1) is 11.8 Å². The molecule has 25 heavy (non-hydrogen) atoms. The summed E-state index contributed by atoms with van der Waals surface area (Å²) in [7, 11) is 1.28. The van der Waals surface area contributed by atoms with Crippen molar-refractivity contribution in [3.63, 3.8) is 0 Å². The average Bonchev–Trinajstić information content (AvgIpc) is 2.56. The lowest BCUT2D eigenvalue weighted by Crippen LogP contribution is -2.71. The Morgan fingerprint density at radius 2 is 2.16 bits per heavy atom. The number of thioether (sulfide) groups is 2. The van der Waals surface area contributed by atoms with Crippen molar-refractivity contribution in [2.45, 2.75) is 24.6 Å². The number of methoxy groups -OCH3 is 1. The molecular formula is C14H18N2O7S2. The van der Waals surface area contributed by atoms with Gasteiger partial charge in [0, 0.05) is 25.4 Å². The molecule has 0 spiro atoms. The molecule has 0 aromatic carbocycles. The van der Waals surface area contributed by atoms with Gasteiger partial charge in [-0.3, -0.25) is 19.3 Å². The Balaban J connectivity index is 2.26. The molecule has 138 valence electrons. The third kappa shape index (κ3) is 3.93. The monoisotopic (exact) mass is 390 g/mol. The molecule has 2 rings (SSSR count). The van der Waals surface area contributed by atoms with Crippen molar-refractivity contribution >= 4 is 47.3 Å². The second-order valence-electron chi connectivity index (χ2n) is 5.24. The van der Waals surface area contributed by atoms with E-state index in [1.165, 1.54) is 37.6 Å². The van der Waals surface area contributed by atoms with Crippen molar-refractivity contribution in [2.75, 3.05) is 24.9 Å². The molecule has 2 aliphatic rings. The van der Waals surface area contributed by atoms with Crippen molar-refractivity contribution in [1.82, 2.24) is 10.2 Å². The largest absolute Gasteiger partial charge is 0.477 e. The third-order valence-corrected chi connectivity index (χ3v) is 5.42. The number of fused-ring (bicyclic) bond motifs is 1. The van der Waals surface area contributed by atoms with Gasteiger partial charge in [0.25, 0.3) is 5.91 Å². The molecule has 9 nitrogen and oxygen atoms in total. The van der Waals surface area contributed by atoms with Crippen molar-refractivity contribution in [3.05, 3.63) is 11.3 Å². The van der Waals surface area contributed by atoms with Gasteiger partial charge in [-0.25, -0.2) is 4.79 Å². The van der Waals surface area contributed by atoms with Crippen LogP contribution in [0.1, 0.15) is 6.92 Å². The number of aliphatic carboxylic acids is 1. The number of hydrogen-bond donors (Lipinski definition) is 2. The number of ether oxygens (including phenoxy) is 2. The highest BCUT2D eigenvalue weighted by molar-refractivity contribution is 8.00. The van der Waals surface area contributed by atoms with Crippen LogP contribution in [-0.2, 0) is 28.7 Å². The summed E-state index contributed by atoms with van der Waals surface area (Å²) >= 11 is 2.60. The molecule has 0 aromatic rings. The van der Waals surface area contributed by atoms with Gasteiger partial charge in [0.05, 0.1) is 5.75 Å². The van der Waals surface area contributed by atoms with E-state index in [0.29, 0.717) is 0 Å². The Morgan fingerprint density at radius 1 is 1.48 bits per heavy atom. The summed E-state index contributed by atoms with van der Waals surface area (Å²) < 4.78 is 10.0. The van der Waals surface area contributed by atoms with E-state index in [1.54, 1.807) is 6.26 Å². The molecule has 11 heteroatoms. The zero-order valence-electron chi connectivity index (χ0n) is 13.8. The van der Waals surface area contributed by atoms with Gasteiger partial charge >= 0.3 is 11.9 Å². The third-order valence-electron chi connectivity index (χ3n) is 3.56. The first-order chi connectivity index (χ1) is 11.8. The van der Waals surface area contributed by atoms with E-state index in [2.05, 4.69) is 5.32 Å². The van der Waals surface area contributed by atoms with E-state index in [9.17, 15) is 24.3 Å². The van der Waals surface area contributed by atoms with Crippen LogP contribution in [0.2, 0.25) is 0 Å². The van der Waals surface area contributed by atoms with Crippen LogP contribution in [0.5, 0.6) is 0 Å². The van der Waals surface area contributed by atoms with E-state index >= 15 is 0 Å². The van der Waals surface area contributed by atoms with Crippen LogP contribution in [0, 0.1) is 0 Å². The van der Waals surface area contributed by atoms with Crippen LogP contribution in [0.15, 0.2) is 11.3 Å². The van der Waals surface area contributed by atoms with E-state index in [0.717, 1.165) is 4.90 Å².